The minimum absolute atomic E-state index is 0.273. The fourth-order valence-electron chi connectivity index (χ4n) is 2.87. The number of carbonyl (C=O) groups excluding carboxylic acids is 1. The van der Waals surface area contributed by atoms with Gasteiger partial charge in [0.1, 0.15) is 12.1 Å². The maximum absolute atomic E-state index is 12.3. The lowest BCUT2D eigenvalue weighted by atomic mass is 9.85. The molecule has 1 N–H and O–H groups in total. The van der Waals surface area contributed by atoms with E-state index in [0.717, 1.165) is 45.0 Å². The van der Waals surface area contributed by atoms with Crippen LogP contribution in [-0.4, -0.2) is 42.2 Å². The van der Waals surface area contributed by atoms with Gasteiger partial charge in [0.25, 0.3) is 5.91 Å². The summed E-state index contributed by atoms with van der Waals surface area (Å²) in [5, 5.41) is 2.81. The van der Waals surface area contributed by atoms with E-state index in [1.165, 1.54) is 12.7 Å². The monoisotopic (exact) mass is 328 g/mol. The first kappa shape index (κ1) is 15.1. The summed E-state index contributed by atoms with van der Waals surface area (Å²) < 4.78 is 10.8. The summed E-state index contributed by atoms with van der Waals surface area (Å²) >= 11 is 0. The van der Waals surface area contributed by atoms with Gasteiger partial charge < -0.3 is 19.4 Å². The predicted octanol–water partition coefficient (Wildman–Crippen LogP) is 2.43. The van der Waals surface area contributed by atoms with Gasteiger partial charge in [0.2, 0.25) is 0 Å². The molecule has 0 spiro atoms. The standard InChI is InChI=1S/C17H20N4O3/c22-16(14-11-24-17(20-14)12-2-1-3-12)19-13-4-5-15(18-10-13)21-6-8-23-9-7-21/h4-5,10-12H,1-3,6-9H2,(H,19,22). The van der Waals surface area contributed by atoms with Crippen molar-refractivity contribution in [3.8, 4) is 0 Å². The first-order valence-corrected chi connectivity index (χ1v) is 8.35. The van der Waals surface area contributed by atoms with Crippen LogP contribution in [0.5, 0.6) is 0 Å². The topological polar surface area (TPSA) is 80.5 Å². The van der Waals surface area contributed by atoms with E-state index in [4.69, 9.17) is 9.15 Å². The molecule has 1 aliphatic heterocycles. The van der Waals surface area contributed by atoms with Crippen molar-refractivity contribution in [2.75, 3.05) is 36.5 Å². The summed E-state index contributed by atoms with van der Waals surface area (Å²) in [6.45, 7) is 3.11. The molecule has 0 atom stereocenters. The van der Waals surface area contributed by atoms with Crippen LogP contribution in [0.3, 0.4) is 0 Å². The van der Waals surface area contributed by atoms with Crippen LogP contribution in [0.15, 0.2) is 29.0 Å². The average Bonchev–Trinajstić information content (AvgIpc) is 3.04. The first-order valence-electron chi connectivity index (χ1n) is 8.35. The third kappa shape index (κ3) is 3.12. The Morgan fingerprint density at radius 3 is 2.75 bits per heavy atom. The molecule has 1 saturated heterocycles. The number of amides is 1. The van der Waals surface area contributed by atoms with Crippen molar-refractivity contribution in [3.63, 3.8) is 0 Å². The van der Waals surface area contributed by atoms with E-state index in [1.807, 2.05) is 12.1 Å². The Balaban J connectivity index is 1.39. The number of ether oxygens (including phenoxy) is 1. The van der Waals surface area contributed by atoms with E-state index >= 15 is 0 Å². The summed E-state index contributed by atoms with van der Waals surface area (Å²) in [4.78, 5) is 23.1. The number of rotatable bonds is 4. The number of nitrogens with zero attached hydrogens (tertiary/aromatic N) is 3. The van der Waals surface area contributed by atoms with Crippen molar-refractivity contribution in [2.24, 2.45) is 0 Å². The number of nitrogens with one attached hydrogen (secondary N) is 1. The zero-order chi connectivity index (χ0) is 16.4. The van der Waals surface area contributed by atoms with Crippen molar-refractivity contribution >= 4 is 17.4 Å². The predicted molar refractivity (Wildman–Crippen MR) is 88.3 cm³/mol. The molecule has 24 heavy (non-hydrogen) atoms. The Bertz CT molecular complexity index is 703. The van der Waals surface area contributed by atoms with Gasteiger partial charge in [-0.2, -0.15) is 0 Å². The Labute approximate surface area is 140 Å². The van der Waals surface area contributed by atoms with Crippen molar-refractivity contribution < 1.29 is 13.9 Å². The fourth-order valence-corrected chi connectivity index (χ4v) is 2.87. The second kappa shape index (κ2) is 6.60. The highest BCUT2D eigenvalue weighted by Crippen LogP contribution is 2.35. The summed E-state index contributed by atoms with van der Waals surface area (Å²) in [5.74, 6) is 1.67. The number of pyridine rings is 1. The van der Waals surface area contributed by atoms with Gasteiger partial charge in [0.05, 0.1) is 25.1 Å². The van der Waals surface area contributed by atoms with Gasteiger partial charge in [0.15, 0.2) is 11.6 Å². The lowest BCUT2D eigenvalue weighted by Crippen LogP contribution is -2.36. The first-order chi connectivity index (χ1) is 11.8. The van der Waals surface area contributed by atoms with Crippen LogP contribution in [0.2, 0.25) is 0 Å². The molecule has 0 radical (unpaired) electrons. The number of morpholine rings is 1. The van der Waals surface area contributed by atoms with Crippen LogP contribution in [0.25, 0.3) is 0 Å². The molecule has 2 fully saturated rings. The number of hydrogen-bond donors (Lipinski definition) is 1. The van der Waals surface area contributed by atoms with Crippen LogP contribution in [0.4, 0.5) is 11.5 Å². The van der Waals surface area contributed by atoms with Gasteiger partial charge >= 0.3 is 0 Å². The number of hydrogen-bond acceptors (Lipinski definition) is 6. The van der Waals surface area contributed by atoms with E-state index in [-0.39, 0.29) is 5.91 Å². The third-order valence-corrected chi connectivity index (χ3v) is 4.55. The zero-order valence-electron chi connectivity index (χ0n) is 13.4. The molecular weight excluding hydrogens is 308 g/mol. The second-order valence-electron chi connectivity index (χ2n) is 6.16. The summed E-state index contributed by atoms with van der Waals surface area (Å²) in [6.07, 6.45) is 6.48. The van der Waals surface area contributed by atoms with Crippen molar-refractivity contribution in [3.05, 3.63) is 36.2 Å². The molecule has 2 aromatic heterocycles. The number of oxazole rings is 1. The van der Waals surface area contributed by atoms with Gasteiger partial charge in [-0.3, -0.25) is 4.79 Å². The van der Waals surface area contributed by atoms with Crippen molar-refractivity contribution in [2.45, 2.75) is 25.2 Å². The molecule has 1 aliphatic carbocycles. The highest BCUT2D eigenvalue weighted by Gasteiger charge is 2.25. The Morgan fingerprint density at radius 1 is 1.25 bits per heavy atom. The smallest absolute Gasteiger partial charge is 0.277 e. The Hall–Kier alpha value is -2.41. The van der Waals surface area contributed by atoms with Crippen LogP contribution < -0.4 is 10.2 Å². The van der Waals surface area contributed by atoms with Crippen LogP contribution in [0, 0.1) is 0 Å². The van der Waals surface area contributed by atoms with Gasteiger partial charge in [-0.1, -0.05) is 6.42 Å². The quantitative estimate of drug-likeness (QED) is 0.928. The highest BCUT2D eigenvalue weighted by molar-refractivity contribution is 6.02. The molecule has 126 valence electrons. The third-order valence-electron chi connectivity index (χ3n) is 4.55. The summed E-state index contributed by atoms with van der Waals surface area (Å²) in [6, 6.07) is 3.76. The molecule has 4 rings (SSSR count). The van der Waals surface area contributed by atoms with Gasteiger partial charge in [0, 0.05) is 19.0 Å². The highest BCUT2D eigenvalue weighted by atomic mass is 16.5. The lowest BCUT2D eigenvalue weighted by Gasteiger charge is -2.27. The van der Waals surface area contributed by atoms with E-state index in [1.54, 1.807) is 6.20 Å². The Morgan fingerprint density at radius 2 is 2.08 bits per heavy atom. The molecule has 2 aromatic rings. The van der Waals surface area contributed by atoms with Crippen molar-refractivity contribution in [1.82, 2.24) is 9.97 Å². The van der Waals surface area contributed by atoms with E-state index in [0.29, 0.717) is 23.2 Å². The molecule has 2 aliphatic rings. The summed E-state index contributed by atoms with van der Waals surface area (Å²) in [5.41, 5.74) is 0.958. The van der Waals surface area contributed by atoms with E-state index in [2.05, 4.69) is 20.2 Å². The molecule has 0 bridgehead atoms. The minimum atomic E-state index is -0.273. The lowest BCUT2D eigenvalue weighted by molar-refractivity contribution is 0.102. The second-order valence-corrected chi connectivity index (χ2v) is 6.16. The van der Waals surface area contributed by atoms with Gasteiger partial charge in [-0.25, -0.2) is 9.97 Å². The van der Waals surface area contributed by atoms with E-state index in [9.17, 15) is 4.79 Å². The minimum Gasteiger partial charge on any atom is -0.448 e. The molecule has 7 heteroatoms. The fraction of sp³-hybridized carbons (Fsp3) is 0.471. The largest absolute Gasteiger partial charge is 0.448 e. The molecule has 3 heterocycles. The average molecular weight is 328 g/mol. The van der Waals surface area contributed by atoms with Crippen molar-refractivity contribution in [1.29, 1.82) is 0 Å². The molecule has 0 unspecified atom stereocenters. The SMILES string of the molecule is O=C(Nc1ccc(N2CCOCC2)nc1)c1coc(C2CCC2)n1. The van der Waals surface area contributed by atoms with Crippen LogP contribution >= 0.6 is 0 Å². The maximum Gasteiger partial charge on any atom is 0.277 e. The summed E-state index contributed by atoms with van der Waals surface area (Å²) in [7, 11) is 0. The molecule has 1 amide bonds. The number of carbonyl (C=O) groups is 1. The molecule has 1 saturated carbocycles. The number of aromatic nitrogens is 2. The Kier molecular flexibility index (Phi) is 4.17. The zero-order valence-corrected chi connectivity index (χ0v) is 13.4. The molecule has 7 nitrogen and oxygen atoms in total. The molecular formula is C17H20N4O3. The van der Waals surface area contributed by atoms with Gasteiger partial charge in [-0.15, -0.1) is 0 Å². The van der Waals surface area contributed by atoms with Crippen LogP contribution in [-0.2, 0) is 4.74 Å². The normalized spacial score (nSPS) is 18.2. The van der Waals surface area contributed by atoms with Gasteiger partial charge in [-0.05, 0) is 25.0 Å². The molecule has 0 aromatic carbocycles. The maximum atomic E-state index is 12.3. The number of anilines is 2. The van der Waals surface area contributed by atoms with E-state index < -0.39 is 0 Å². The van der Waals surface area contributed by atoms with Crippen LogP contribution in [0.1, 0.15) is 41.6 Å².